The third-order valence-corrected chi connectivity index (χ3v) is 2.33. The highest BCUT2D eigenvalue weighted by molar-refractivity contribution is 7.98. The number of rotatable bonds is 8. The van der Waals surface area contributed by atoms with Gasteiger partial charge in [0.2, 0.25) is 11.8 Å². The molecule has 16 heavy (non-hydrogen) atoms. The zero-order valence-corrected chi connectivity index (χ0v) is 9.93. The molecule has 0 radical (unpaired) electrons. The molecule has 0 bridgehead atoms. The van der Waals surface area contributed by atoms with Crippen molar-refractivity contribution < 1.29 is 19.5 Å². The summed E-state index contributed by atoms with van der Waals surface area (Å²) in [6.07, 6.45) is 3.11. The van der Waals surface area contributed by atoms with Gasteiger partial charge in [0.25, 0.3) is 0 Å². The van der Waals surface area contributed by atoms with Crippen LogP contribution in [0, 0.1) is 0 Å². The van der Waals surface area contributed by atoms with E-state index >= 15 is 0 Å². The van der Waals surface area contributed by atoms with Gasteiger partial charge in [-0.1, -0.05) is 0 Å². The Kier molecular flexibility index (Phi) is 8.32. The predicted octanol–water partition coefficient (Wildman–Crippen LogP) is -0.553. The van der Waals surface area contributed by atoms with E-state index in [4.69, 9.17) is 5.11 Å². The van der Waals surface area contributed by atoms with E-state index in [1.165, 1.54) is 0 Å². The predicted molar refractivity (Wildman–Crippen MR) is 61.3 cm³/mol. The van der Waals surface area contributed by atoms with Crippen LogP contribution in [0.3, 0.4) is 0 Å². The number of carboxylic acids is 1. The van der Waals surface area contributed by atoms with Crippen LogP contribution in [-0.4, -0.2) is 48.0 Å². The molecule has 0 fully saturated rings. The van der Waals surface area contributed by atoms with Gasteiger partial charge in [-0.25, -0.2) is 0 Å². The lowest BCUT2D eigenvalue weighted by Gasteiger charge is -2.04. The van der Waals surface area contributed by atoms with Gasteiger partial charge >= 0.3 is 5.97 Å². The SMILES string of the molecule is CSCCCC(=O)NCC(=O)NCC(=O)O. The number of aliphatic carboxylic acids is 1. The molecule has 0 aliphatic heterocycles. The van der Waals surface area contributed by atoms with E-state index in [1.807, 2.05) is 6.26 Å². The van der Waals surface area contributed by atoms with Gasteiger partial charge in [-0.2, -0.15) is 11.8 Å². The molecule has 6 nitrogen and oxygen atoms in total. The number of hydrogen-bond acceptors (Lipinski definition) is 4. The van der Waals surface area contributed by atoms with Gasteiger partial charge in [-0.05, 0) is 18.4 Å². The number of amides is 2. The van der Waals surface area contributed by atoms with E-state index in [-0.39, 0.29) is 12.5 Å². The van der Waals surface area contributed by atoms with Crippen molar-refractivity contribution in [3.05, 3.63) is 0 Å². The largest absolute Gasteiger partial charge is 0.480 e. The Balaban J connectivity index is 3.51. The molecule has 0 aliphatic carbocycles. The van der Waals surface area contributed by atoms with Crippen LogP contribution in [0.15, 0.2) is 0 Å². The van der Waals surface area contributed by atoms with Crippen molar-refractivity contribution >= 4 is 29.5 Å². The maximum Gasteiger partial charge on any atom is 0.322 e. The molecule has 2 amide bonds. The Hall–Kier alpha value is -1.24. The van der Waals surface area contributed by atoms with Gasteiger partial charge in [0.15, 0.2) is 0 Å². The first-order valence-corrected chi connectivity index (χ1v) is 6.19. The summed E-state index contributed by atoms with van der Waals surface area (Å²) in [7, 11) is 0. The third-order valence-electron chi connectivity index (χ3n) is 1.64. The lowest BCUT2D eigenvalue weighted by Crippen LogP contribution is -2.38. The molecular formula is C9H16N2O4S. The molecule has 0 aromatic carbocycles. The van der Waals surface area contributed by atoms with Crippen LogP contribution in [0.4, 0.5) is 0 Å². The molecule has 0 saturated heterocycles. The quantitative estimate of drug-likeness (QED) is 0.501. The molecule has 7 heteroatoms. The maximum atomic E-state index is 11.1. The van der Waals surface area contributed by atoms with E-state index in [0.29, 0.717) is 6.42 Å². The lowest BCUT2D eigenvalue weighted by molar-refractivity contribution is -0.137. The van der Waals surface area contributed by atoms with Crippen LogP contribution in [0.5, 0.6) is 0 Å². The van der Waals surface area contributed by atoms with Crippen molar-refractivity contribution in [1.29, 1.82) is 0 Å². The summed E-state index contributed by atoms with van der Waals surface area (Å²) in [5.41, 5.74) is 0. The van der Waals surface area contributed by atoms with E-state index in [0.717, 1.165) is 12.2 Å². The van der Waals surface area contributed by atoms with E-state index < -0.39 is 18.4 Å². The smallest absolute Gasteiger partial charge is 0.322 e. The summed E-state index contributed by atoms with van der Waals surface area (Å²) in [4.78, 5) is 32.2. The molecule has 0 aliphatic rings. The first-order valence-electron chi connectivity index (χ1n) is 4.80. The van der Waals surface area contributed by atoms with Gasteiger partial charge < -0.3 is 15.7 Å². The Morgan fingerprint density at radius 3 is 2.31 bits per heavy atom. The minimum Gasteiger partial charge on any atom is -0.480 e. The second kappa shape index (κ2) is 9.02. The van der Waals surface area contributed by atoms with Crippen molar-refractivity contribution in [2.24, 2.45) is 0 Å². The van der Waals surface area contributed by atoms with Crippen LogP contribution >= 0.6 is 11.8 Å². The topological polar surface area (TPSA) is 95.5 Å². The minimum absolute atomic E-state index is 0.175. The average molecular weight is 248 g/mol. The molecule has 0 aromatic heterocycles. The first-order chi connectivity index (χ1) is 7.56. The van der Waals surface area contributed by atoms with E-state index in [9.17, 15) is 14.4 Å². The molecule has 92 valence electrons. The normalized spacial score (nSPS) is 9.56. The molecule has 0 aromatic rings. The lowest BCUT2D eigenvalue weighted by atomic mass is 10.3. The standard InChI is InChI=1S/C9H16N2O4S/c1-16-4-2-3-7(12)10-5-8(13)11-6-9(14)15/h2-6H2,1H3,(H,10,12)(H,11,13)(H,14,15). The van der Waals surface area contributed by atoms with Crippen LogP contribution in [0.2, 0.25) is 0 Å². The Bertz CT molecular complexity index is 258. The average Bonchev–Trinajstić information content (AvgIpc) is 2.24. The maximum absolute atomic E-state index is 11.1. The number of hydrogen-bond donors (Lipinski definition) is 3. The molecule has 0 heterocycles. The van der Waals surface area contributed by atoms with Gasteiger partial charge in [0, 0.05) is 6.42 Å². The fourth-order valence-electron chi connectivity index (χ4n) is 0.881. The number of nitrogens with one attached hydrogen (secondary N) is 2. The summed E-state index contributed by atoms with van der Waals surface area (Å²) in [5, 5.41) is 12.8. The molecule has 0 saturated carbocycles. The van der Waals surface area contributed by atoms with Crippen molar-refractivity contribution in [2.75, 3.05) is 25.1 Å². The van der Waals surface area contributed by atoms with Gasteiger partial charge in [0.05, 0.1) is 6.54 Å². The molecule has 0 unspecified atom stereocenters. The molecule has 0 atom stereocenters. The molecule has 3 N–H and O–H groups in total. The third kappa shape index (κ3) is 9.32. The summed E-state index contributed by atoms with van der Waals surface area (Å²) in [5.74, 6) is -0.904. The number of thioether (sulfide) groups is 1. The Morgan fingerprint density at radius 1 is 1.12 bits per heavy atom. The zero-order valence-electron chi connectivity index (χ0n) is 9.12. The van der Waals surface area contributed by atoms with Gasteiger partial charge in [0.1, 0.15) is 6.54 Å². The highest BCUT2D eigenvalue weighted by Gasteiger charge is 2.06. The fraction of sp³-hybridized carbons (Fsp3) is 0.667. The zero-order chi connectivity index (χ0) is 12.4. The van der Waals surface area contributed by atoms with Gasteiger partial charge in [-0.15, -0.1) is 0 Å². The molecular weight excluding hydrogens is 232 g/mol. The summed E-state index contributed by atoms with van der Waals surface area (Å²) in [6.45, 7) is -0.605. The number of carboxylic acid groups (broad SMARTS) is 1. The highest BCUT2D eigenvalue weighted by atomic mass is 32.2. The Labute approximate surface area is 98.2 Å². The fourth-order valence-corrected chi connectivity index (χ4v) is 1.31. The monoisotopic (exact) mass is 248 g/mol. The van der Waals surface area contributed by atoms with Crippen molar-refractivity contribution in [1.82, 2.24) is 10.6 Å². The second-order valence-corrected chi connectivity index (χ2v) is 4.03. The Morgan fingerprint density at radius 2 is 1.75 bits per heavy atom. The molecule has 0 rings (SSSR count). The number of carbonyl (C=O) groups is 3. The van der Waals surface area contributed by atoms with Crippen LogP contribution in [0.1, 0.15) is 12.8 Å². The van der Waals surface area contributed by atoms with E-state index in [2.05, 4.69) is 10.6 Å². The van der Waals surface area contributed by atoms with E-state index in [1.54, 1.807) is 11.8 Å². The molecule has 0 spiro atoms. The van der Waals surface area contributed by atoms with Crippen molar-refractivity contribution in [3.8, 4) is 0 Å². The van der Waals surface area contributed by atoms with Gasteiger partial charge in [-0.3, -0.25) is 14.4 Å². The van der Waals surface area contributed by atoms with Crippen LogP contribution < -0.4 is 10.6 Å². The van der Waals surface area contributed by atoms with Crippen molar-refractivity contribution in [3.63, 3.8) is 0 Å². The van der Waals surface area contributed by atoms with Crippen LogP contribution in [0.25, 0.3) is 0 Å². The second-order valence-electron chi connectivity index (χ2n) is 3.04. The van der Waals surface area contributed by atoms with Crippen LogP contribution in [-0.2, 0) is 14.4 Å². The first kappa shape index (κ1) is 14.8. The summed E-state index contributed by atoms with van der Waals surface area (Å²) < 4.78 is 0. The van der Waals surface area contributed by atoms with Crippen molar-refractivity contribution in [2.45, 2.75) is 12.8 Å². The minimum atomic E-state index is -1.11. The highest BCUT2D eigenvalue weighted by Crippen LogP contribution is 1.98. The number of carbonyl (C=O) groups excluding carboxylic acids is 2. The summed E-state index contributed by atoms with van der Waals surface area (Å²) >= 11 is 1.65. The summed E-state index contributed by atoms with van der Waals surface area (Å²) in [6, 6.07) is 0.